The number of fused-ring (bicyclic) bond motifs is 4. The number of hydrogen-bond donors (Lipinski definition) is 0. The molecule has 6 aromatic carbocycles. The quantitative estimate of drug-likeness (QED) is 0.185. The van der Waals surface area contributed by atoms with E-state index in [1.807, 2.05) is 67.0 Å². The van der Waals surface area contributed by atoms with Crippen molar-refractivity contribution in [3.8, 4) is 73.6 Å². The maximum absolute atomic E-state index is 9.63. The van der Waals surface area contributed by atoms with Crippen LogP contribution < -0.4 is 0 Å². The summed E-state index contributed by atoms with van der Waals surface area (Å²) < 4.78 is 0. The number of aromatic nitrogens is 4. The minimum Gasteiger partial charge on any atom is -0.265 e. The van der Waals surface area contributed by atoms with E-state index < -0.39 is 0 Å². The Hall–Kier alpha value is -6.77. The number of rotatable bonds is 5. The van der Waals surface area contributed by atoms with Crippen LogP contribution >= 0.6 is 0 Å². The van der Waals surface area contributed by atoms with Gasteiger partial charge < -0.3 is 0 Å². The normalized spacial score (nSPS) is 12.6. The molecule has 0 aliphatic heterocycles. The fourth-order valence-electron chi connectivity index (χ4n) is 7.30. The van der Waals surface area contributed by atoms with Gasteiger partial charge in [-0.3, -0.25) is 4.98 Å². The fraction of sp³-hybridized carbons (Fsp3) is 0.0652. The second kappa shape index (κ2) is 12.0. The SMILES string of the molecule is CC1(C)c2cc(C#N)ccc2-c2ccc(-c3cc(-c4ccncc4)cc(-c4nc(-c5ccccc5)nc(-c5ccc6ccccc6c5)n4)c3)cc21. The van der Waals surface area contributed by atoms with E-state index in [-0.39, 0.29) is 5.41 Å². The first-order chi connectivity index (χ1) is 24.9. The smallest absolute Gasteiger partial charge is 0.164 e. The molecule has 0 saturated carbocycles. The lowest BCUT2D eigenvalue weighted by Crippen LogP contribution is -2.15. The van der Waals surface area contributed by atoms with E-state index in [0.717, 1.165) is 44.3 Å². The van der Waals surface area contributed by atoms with Gasteiger partial charge in [0.1, 0.15) is 0 Å². The molecule has 0 N–H and O–H groups in total. The highest BCUT2D eigenvalue weighted by molar-refractivity contribution is 5.88. The standard InChI is InChI=1S/C46H31N5/c1-46(2)41-22-29(28-47)12-16-39(41)40-17-15-34(27-42(40)46)37-24-36(31-18-20-48-21-19-31)25-38(26-37)45-50-43(32-9-4-3-5-10-32)49-44(51-45)35-14-13-30-8-6-7-11-33(30)23-35/h3-27H,1-2H3. The molecule has 5 heteroatoms. The average Bonchev–Trinajstić information content (AvgIpc) is 3.42. The van der Waals surface area contributed by atoms with E-state index in [4.69, 9.17) is 15.0 Å². The summed E-state index contributed by atoms with van der Waals surface area (Å²) in [5.41, 5.74) is 12.2. The molecule has 0 amide bonds. The Balaban J connectivity index is 1.23. The molecular weight excluding hydrogens is 623 g/mol. The fourth-order valence-corrected chi connectivity index (χ4v) is 7.30. The summed E-state index contributed by atoms with van der Waals surface area (Å²) in [6.07, 6.45) is 3.64. The van der Waals surface area contributed by atoms with Gasteiger partial charge in [-0.05, 0) is 110 Å². The zero-order valence-corrected chi connectivity index (χ0v) is 28.2. The predicted octanol–water partition coefficient (Wildman–Crippen LogP) is 10.9. The van der Waals surface area contributed by atoms with Gasteiger partial charge in [-0.2, -0.15) is 5.26 Å². The van der Waals surface area contributed by atoms with Gasteiger partial charge in [-0.1, -0.05) is 98.8 Å². The Morgan fingerprint density at radius 3 is 1.78 bits per heavy atom. The van der Waals surface area contributed by atoms with E-state index in [9.17, 15) is 5.26 Å². The van der Waals surface area contributed by atoms with Crippen LogP contribution in [0.1, 0.15) is 30.5 Å². The highest BCUT2D eigenvalue weighted by Crippen LogP contribution is 2.50. The van der Waals surface area contributed by atoms with Gasteiger partial charge in [-0.25, -0.2) is 15.0 Å². The molecule has 51 heavy (non-hydrogen) atoms. The molecule has 0 atom stereocenters. The van der Waals surface area contributed by atoms with Gasteiger partial charge in [0.25, 0.3) is 0 Å². The van der Waals surface area contributed by atoms with Gasteiger partial charge in [0.05, 0.1) is 11.6 Å². The minimum absolute atomic E-state index is 0.257. The zero-order chi connectivity index (χ0) is 34.5. The Morgan fingerprint density at radius 2 is 1.04 bits per heavy atom. The maximum atomic E-state index is 9.63. The van der Waals surface area contributed by atoms with E-state index in [1.54, 1.807) is 0 Å². The lowest BCUT2D eigenvalue weighted by Gasteiger charge is -2.22. The van der Waals surface area contributed by atoms with Gasteiger partial charge in [-0.15, -0.1) is 0 Å². The molecule has 0 unspecified atom stereocenters. The summed E-state index contributed by atoms with van der Waals surface area (Å²) in [6, 6.07) is 50.4. The average molecular weight is 654 g/mol. The lowest BCUT2D eigenvalue weighted by molar-refractivity contribution is 0.660. The van der Waals surface area contributed by atoms with Crippen molar-refractivity contribution in [2.45, 2.75) is 19.3 Å². The molecule has 8 aromatic rings. The number of nitriles is 1. The molecule has 2 heterocycles. The van der Waals surface area contributed by atoms with Gasteiger partial charge in [0, 0.05) is 34.5 Å². The highest BCUT2D eigenvalue weighted by atomic mass is 15.0. The third kappa shape index (κ3) is 5.35. The van der Waals surface area contributed by atoms with Crippen molar-refractivity contribution >= 4 is 10.8 Å². The molecule has 1 aliphatic rings. The van der Waals surface area contributed by atoms with Crippen molar-refractivity contribution in [1.82, 2.24) is 19.9 Å². The Kier molecular flexibility index (Phi) is 7.12. The summed E-state index contributed by atoms with van der Waals surface area (Å²) in [6.45, 7) is 4.48. The van der Waals surface area contributed by atoms with Crippen molar-refractivity contribution < 1.29 is 0 Å². The van der Waals surface area contributed by atoms with Crippen LogP contribution in [0.3, 0.4) is 0 Å². The topological polar surface area (TPSA) is 75.3 Å². The monoisotopic (exact) mass is 653 g/mol. The first-order valence-corrected chi connectivity index (χ1v) is 17.0. The first kappa shape index (κ1) is 30.3. The summed E-state index contributed by atoms with van der Waals surface area (Å²) in [5.74, 6) is 1.84. The first-order valence-electron chi connectivity index (χ1n) is 17.0. The lowest BCUT2D eigenvalue weighted by atomic mass is 9.81. The summed E-state index contributed by atoms with van der Waals surface area (Å²) in [5, 5.41) is 11.9. The molecule has 2 aromatic heterocycles. The maximum Gasteiger partial charge on any atom is 0.164 e. The van der Waals surface area contributed by atoms with Crippen LogP contribution in [0.25, 0.3) is 78.3 Å². The Labute approximate surface area is 296 Å². The van der Waals surface area contributed by atoms with E-state index >= 15 is 0 Å². The van der Waals surface area contributed by atoms with Crippen molar-refractivity contribution in [3.05, 3.63) is 169 Å². The summed E-state index contributed by atoms with van der Waals surface area (Å²) in [7, 11) is 0. The van der Waals surface area contributed by atoms with Crippen LogP contribution in [-0.2, 0) is 5.41 Å². The van der Waals surface area contributed by atoms with Crippen molar-refractivity contribution in [1.29, 1.82) is 5.26 Å². The molecule has 5 nitrogen and oxygen atoms in total. The molecule has 1 aliphatic carbocycles. The van der Waals surface area contributed by atoms with E-state index in [1.165, 1.54) is 27.6 Å². The van der Waals surface area contributed by atoms with E-state index in [2.05, 4.69) is 110 Å². The molecule has 0 fully saturated rings. The molecule has 240 valence electrons. The largest absolute Gasteiger partial charge is 0.265 e. The van der Waals surface area contributed by atoms with Crippen LogP contribution in [0.5, 0.6) is 0 Å². The van der Waals surface area contributed by atoms with Crippen LogP contribution in [0, 0.1) is 11.3 Å². The Morgan fingerprint density at radius 1 is 0.451 bits per heavy atom. The number of pyridine rings is 1. The minimum atomic E-state index is -0.257. The predicted molar refractivity (Wildman–Crippen MR) is 205 cm³/mol. The zero-order valence-electron chi connectivity index (χ0n) is 28.2. The van der Waals surface area contributed by atoms with Crippen molar-refractivity contribution in [2.75, 3.05) is 0 Å². The molecule has 0 bridgehead atoms. The molecule has 0 spiro atoms. The molecule has 0 radical (unpaired) electrons. The molecule has 0 saturated heterocycles. The second-order valence-electron chi connectivity index (χ2n) is 13.5. The Bertz CT molecular complexity index is 2670. The van der Waals surface area contributed by atoms with E-state index in [0.29, 0.717) is 23.0 Å². The van der Waals surface area contributed by atoms with Gasteiger partial charge in [0.2, 0.25) is 0 Å². The van der Waals surface area contributed by atoms with Crippen molar-refractivity contribution in [3.63, 3.8) is 0 Å². The third-order valence-electron chi connectivity index (χ3n) is 10.0. The second-order valence-corrected chi connectivity index (χ2v) is 13.5. The number of nitrogens with zero attached hydrogens (tertiary/aromatic N) is 5. The van der Waals surface area contributed by atoms with Gasteiger partial charge >= 0.3 is 0 Å². The third-order valence-corrected chi connectivity index (χ3v) is 10.0. The number of hydrogen-bond acceptors (Lipinski definition) is 5. The highest BCUT2D eigenvalue weighted by Gasteiger charge is 2.36. The van der Waals surface area contributed by atoms with Gasteiger partial charge in [0.15, 0.2) is 17.5 Å². The van der Waals surface area contributed by atoms with Crippen LogP contribution in [0.15, 0.2) is 152 Å². The van der Waals surface area contributed by atoms with Crippen LogP contribution in [0.4, 0.5) is 0 Å². The number of benzene rings is 6. The van der Waals surface area contributed by atoms with Crippen molar-refractivity contribution in [2.24, 2.45) is 0 Å². The van der Waals surface area contributed by atoms with Crippen LogP contribution in [-0.4, -0.2) is 19.9 Å². The summed E-state index contributed by atoms with van der Waals surface area (Å²) in [4.78, 5) is 19.5. The molecule has 9 rings (SSSR count). The molecular formula is C46H31N5. The van der Waals surface area contributed by atoms with Crippen LogP contribution in [0.2, 0.25) is 0 Å². The summed E-state index contributed by atoms with van der Waals surface area (Å²) >= 11 is 0.